The van der Waals surface area contributed by atoms with Crippen molar-refractivity contribution < 1.29 is 22.7 Å². The summed E-state index contributed by atoms with van der Waals surface area (Å²) in [4.78, 5) is 28.5. The first kappa shape index (κ1) is 23.5. The number of ether oxygens (including phenoxy) is 1. The van der Waals surface area contributed by atoms with Gasteiger partial charge in [-0.25, -0.2) is 13.2 Å². The molecule has 0 atom stereocenters. The second-order valence-electron chi connectivity index (χ2n) is 9.13. The Morgan fingerprint density at radius 2 is 1.42 bits per heavy atom. The molecule has 1 aromatic carbocycles. The van der Waals surface area contributed by atoms with Crippen LogP contribution in [0.2, 0.25) is 0 Å². The van der Waals surface area contributed by atoms with Crippen LogP contribution in [0.1, 0.15) is 45.6 Å². The van der Waals surface area contributed by atoms with Crippen molar-refractivity contribution in [3.8, 4) is 0 Å². The Bertz CT molecular complexity index is 879. The molecule has 2 saturated heterocycles. The van der Waals surface area contributed by atoms with Gasteiger partial charge in [-0.3, -0.25) is 4.79 Å². The standard InChI is InChI=1S/C22H33N3O5S/c1-22(2,3)30-21(27)24-15-13-23(14-16-24)20(26)17-18-7-9-19(10-8-18)31(28,29)25-11-5-4-6-12-25/h7-10H,4-6,11-17H2,1-3H3. The molecular formula is C22H33N3O5S. The van der Waals surface area contributed by atoms with E-state index in [9.17, 15) is 18.0 Å². The van der Waals surface area contributed by atoms with Crippen molar-refractivity contribution in [1.29, 1.82) is 0 Å². The van der Waals surface area contributed by atoms with E-state index in [4.69, 9.17) is 4.74 Å². The largest absolute Gasteiger partial charge is 0.444 e. The normalized spacial score (nSPS) is 18.7. The van der Waals surface area contributed by atoms with Crippen LogP contribution in [0.4, 0.5) is 4.79 Å². The monoisotopic (exact) mass is 451 g/mol. The smallest absolute Gasteiger partial charge is 0.410 e. The Morgan fingerprint density at radius 1 is 0.871 bits per heavy atom. The zero-order chi connectivity index (χ0) is 22.6. The fourth-order valence-electron chi connectivity index (χ4n) is 3.78. The van der Waals surface area contributed by atoms with Gasteiger partial charge in [0.25, 0.3) is 0 Å². The van der Waals surface area contributed by atoms with E-state index in [1.54, 1.807) is 38.4 Å². The SMILES string of the molecule is CC(C)(C)OC(=O)N1CCN(C(=O)Cc2ccc(S(=O)(=O)N3CCCCC3)cc2)CC1. The van der Waals surface area contributed by atoms with Crippen LogP contribution in [0.3, 0.4) is 0 Å². The third-order valence-corrected chi connectivity index (χ3v) is 7.43. The van der Waals surface area contributed by atoms with Gasteiger partial charge in [-0.15, -0.1) is 0 Å². The lowest BCUT2D eigenvalue weighted by Gasteiger charge is -2.35. The maximum absolute atomic E-state index is 12.7. The molecule has 172 valence electrons. The predicted molar refractivity (Wildman–Crippen MR) is 117 cm³/mol. The van der Waals surface area contributed by atoms with E-state index >= 15 is 0 Å². The van der Waals surface area contributed by atoms with Gasteiger partial charge in [-0.1, -0.05) is 18.6 Å². The van der Waals surface area contributed by atoms with Crippen molar-refractivity contribution in [1.82, 2.24) is 14.1 Å². The first-order valence-electron chi connectivity index (χ1n) is 10.9. The highest BCUT2D eigenvalue weighted by Gasteiger charge is 2.28. The lowest BCUT2D eigenvalue weighted by molar-refractivity contribution is -0.132. The molecule has 0 unspecified atom stereocenters. The fraction of sp³-hybridized carbons (Fsp3) is 0.636. The molecule has 2 aliphatic heterocycles. The van der Waals surface area contributed by atoms with Crippen molar-refractivity contribution in [2.75, 3.05) is 39.3 Å². The third-order valence-electron chi connectivity index (χ3n) is 5.52. The summed E-state index contributed by atoms with van der Waals surface area (Å²) in [6.07, 6.45) is 2.71. The molecule has 3 rings (SSSR count). The second kappa shape index (κ2) is 9.56. The summed E-state index contributed by atoms with van der Waals surface area (Å²) in [6, 6.07) is 6.61. The van der Waals surface area contributed by atoms with E-state index < -0.39 is 15.6 Å². The molecule has 0 bridgehead atoms. The molecular weight excluding hydrogens is 418 g/mol. The molecule has 2 fully saturated rings. The van der Waals surface area contributed by atoms with Gasteiger partial charge < -0.3 is 14.5 Å². The summed E-state index contributed by atoms with van der Waals surface area (Å²) in [7, 11) is -3.47. The molecule has 0 aromatic heterocycles. The molecule has 2 amide bonds. The van der Waals surface area contributed by atoms with Crippen LogP contribution in [0, 0.1) is 0 Å². The summed E-state index contributed by atoms with van der Waals surface area (Å²) in [5.41, 5.74) is 0.231. The summed E-state index contributed by atoms with van der Waals surface area (Å²) < 4.78 is 32.4. The van der Waals surface area contributed by atoms with Crippen LogP contribution in [0.15, 0.2) is 29.2 Å². The number of carbonyl (C=O) groups excluding carboxylic acids is 2. The number of amides is 2. The lowest BCUT2D eigenvalue weighted by atomic mass is 10.1. The first-order chi connectivity index (χ1) is 14.6. The minimum atomic E-state index is -3.47. The van der Waals surface area contributed by atoms with Crippen molar-refractivity contribution in [2.45, 2.75) is 57.0 Å². The van der Waals surface area contributed by atoms with Crippen molar-refractivity contribution in [3.63, 3.8) is 0 Å². The zero-order valence-electron chi connectivity index (χ0n) is 18.7. The number of benzene rings is 1. The van der Waals surface area contributed by atoms with Crippen molar-refractivity contribution in [3.05, 3.63) is 29.8 Å². The Balaban J connectivity index is 1.53. The number of piperidine rings is 1. The minimum Gasteiger partial charge on any atom is -0.444 e. The average molecular weight is 452 g/mol. The molecule has 1 aromatic rings. The van der Waals surface area contributed by atoms with E-state index in [0.717, 1.165) is 24.8 Å². The second-order valence-corrected chi connectivity index (χ2v) is 11.1. The molecule has 31 heavy (non-hydrogen) atoms. The van der Waals surface area contributed by atoms with E-state index in [1.165, 1.54) is 0 Å². The summed E-state index contributed by atoms with van der Waals surface area (Å²) in [5, 5.41) is 0. The van der Waals surface area contributed by atoms with E-state index in [0.29, 0.717) is 39.3 Å². The number of hydrogen-bond acceptors (Lipinski definition) is 5. The Kier molecular flexibility index (Phi) is 7.26. The number of piperazine rings is 1. The Morgan fingerprint density at radius 3 is 1.97 bits per heavy atom. The predicted octanol–water partition coefficient (Wildman–Crippen LogP) is 2.48. The fourth-order valence-corrected chi connectivity index (χ4v) is 5.30. The molecule has 2 heterocycles. The van der Waals surface area contributed by atoms with Gasteiger partial charge in [-0.2, -0.15) is 4.31 Å². The number of sulfonamides is 1. The number of carbonyl (C=O) groups is 2. The van der Waals surface area contributed by atoms with Crippen LogP contribution in [-0.2, 0) is 26.0 Å². The minimum absolute atomic E-state index is 0.0320. The molecule has 0 radical (unpaired) electrons. The van der Waals surface area contributed by atoms with Gasteiger partial charge >= 0.3 is 6.09 Å². The maximum Gasteiger partial charge on any atom is 0.410 e. The Labute approximate surface area is 185 Å². The number of hydrogen-bond donors (Lipinski definition) is 0. The van der Waals surface area contributed by atoms with Crippen LogP contribution in [-0.4, -0.2) is 79.4 Å². The van der Waals surface area contributed by atoms with Gasteiger partial charge in [0.15, 0.2) is 0 Å². The summed E-state index contributed by atoms with van der Waals surface area (Å²) in [6.45, 7) is 8.41. The summed E-state index contributed by atoms with van der Waals surface area (Å²) >= 11 is 0. The van der Waals surface area contributed by atoms with Crippen LogP contribution in [0.5, 0.6) is 0 Å². The molecule has 0 saturated carbocycles. The van der Waals surface area contributed by atoms with Crippen molar-refractivity contribution in [2.24, 2.45) is 0 Å². The molecule has 0 spiro atoms. The van der Waals surface area contributed by atoms with E-state index in [1.807, 2.05) is 20.8 Å². The van der Waals surface area contributed by atoms with Crippen LogP contribution in [0.25, 0.3) is 0 Å². The van der Waals surface area contributed by atoms with Crippen LogP contribution >= 0.6 is 0 Å². The van der Waals surface area contributed by atoms with Gasteiger partial charge in [0.05, 0.1) is 11.3 Å². The summed E-state index contributed by atoms with van der Waals surface area (Å²) in [5.74, 6) is -0.0320. The van der Waals surface area contributed by atoms with Crippen molar-refractivity contribution >= 4 is 22.0 Å². The molecule has 0 N–H and O–H groups in total. The van der Waals surface area contributed by atoms with Gasteiger partial charge in [-0.05, 0) is 51.3 Å². The van der Waals surface area contributed by atoms with E-state index in [2.05, 4.69) is 0 Å². The lowest BCUT2D eigenvalue weighted by Crippen LogP contribution is -2.52. The third kappa shape index (κ3) is 6.20. The average Bonchev–Trinajstić information content (AvgIpc) is 2.73. The highest BCUT2D eigenvalue weighted by atomic mass is 32.2. The van der Waals surface area contributed by atoms with Gasteiger partial charge in [0, 0.05) is 39.3 Å². The maximum atomic E-state index is 12.7. The number of nitrogens with zero attached hydrogens (tertiary/aromatic N) is 3. The first-order valence-corrected chi connectivity index (χ1v) is 12.3. The Hall–Kier alpha value is -2.13. The highest BCUT2D eigenvalue weighted by Crippen LogP contribution is 2.21. The van der Waals surface area contributed by atoms with Gasteiger partial charge in [0.2, 0.25) is 15.9 Å². The highest BCUT2D eigenvalue weighted by molar-refractivity contribution is 7.89. The zero-order valence-corrected chi connectivity index (χ0v) is 19.5. The van der Waals surface area contributed by atoms with Crippen LogP contribution < -0.4 is 0 Å². The molecule has 2 aliphatic rings. The van der Waals surface area contributed by atoms with E-state index in [-0.39, 0.29) is 23.3 Å². The van der Waals surface area contributed by atoms with Gasteiger partial charge in [0.1, 0.15) is 5.60 Å². The molecule has 9 heteroatoms. The number of rotatable bonds is 4. The quantitative estimate of drug-likeness (QED) is 0.702. The molecule has 0 aliphatic carbocycles. The topological polar surface area (TPSA) is 87.2 Å². The molecule has 8 nitrogen and oxygen atoms in total.